The third-order valence-electron chi connectivity index (χ3n) is 4.75. The van der Waals surface area contributed by atoms with Gasteiger partial charge in [-0.3, -0.25) is 0 Å². The molecular formula is C15H30N2S. The van der Waals surface area contributed by atoms with Crippen molar-refractivity contribution in [1.29, 1.82) is 0 Å². The van der Waals surface area contributed by atoms with Gasteiger partial charge < -0.3 is 10.2 Å². The minimum Gasteiger partial charge on any atom is -0.313 e. The summed E-state index contributed by atoms with van der Waals surface area (Å²) in [5.41, 5.74) is 0.573. The van der Waals surface area contributed by atoms with Gasteiger partial charge in [0.2, 0.25) is 0 Å². The van der Waals surface area contributed by atoms with Gasteiger partial charge >= 0.3 is 0 Å². The Morgan fingerprint density at radius 3 is 2.56 bits per heavy atom. The van der Waals surface area contributed by atoms with Crippen LogP contribution in [0.3, 0.4) is 0 Å². The van der Waals surface area contributed by atoms with Crippen LogP contribution in [0, 0.1) is 5.41 Å². The lowest BCUT2D eigenvalue weighted by Gasteiger charge is -2.36. The van der Waals surface area contributed by atoms with Crippen molar-refractivity contribution in [3.05, 3.63) is 0 Å². The Morgan fingerprint density at radius 1 is 1.33 bits per heavy atom. The van der Waals surface area contributed by atoms with Gasteiger partial charge in [0.1, 0.15) is 0 Å². The van der Waals surface area contributed by atoms with Crippen LogP contribution in [0.2, 0.25) is 0 Å². The molecular weight excluding hydrogens is 240 g/mol. The summed E-state index contributed by atoms with van der Waals surface area (Å²) >= 11 is 1.97. The van der Waals surface area contributed by atoms with E-state index in [1.54, 1.807) is 0 Å². The Hall–Kier alpha value is 0.270. The van der Waals surface area contributed by atoms with Crippen molar-refractivity contribution in [3.63, 3.8) is 0 Å². The molecule has 2 saturated carbocycles. The summed E-state index contributed by atoms with van der Waals surface area (Å²) in [5, 5.41) is 3.78. The quantitative estimate of drug-likeness (QED) is 0.730. The molecule has 0 aromatic heterocycles. The number of hydrogen-bond acceptors (Lipinski definition) is 3. The topological polar surface area (TPSA) is 15.3 Å². The van der Waals surface area contributed by atoms with Crippen LogP contribution in [-0.4, -0.2) is 49.1 Å². The van der Waals surface area contributed by atoms with Gasteiger partial charge in [0, 0.05) is 30.9 Å². The summed E-state index contributed by atoms with van der Waals surface area (Å²) in [4.78, 5) is 2.59. The number of thioether (sulfide) groups is 1. The highest BCUT2D eigenvalue weighted by molar-refractivity contribution is 7.98. The van der Waals surface area contributed by atoms with Crippen LogP contribution in [0.15, 0.2) is 0 Å². The van der Waals surface area contributed by atoms with E-state index in [2.05, 4.69) is 30.4 Å². The number of nitrogens with zero attached hydrogens (tertiary/aromatic N) is 1. The van der Waals surface area contributed by atoms with Gasteiger partial charge in [-0.1, -0.05) is 12.8 Å². The second-order valence-corrected chi connectivity index (χ2v) is 7.49. The molecule has 3 heteroatoms. The van der Waals surface area contributed by atoms with Crippen LogP contribution < -0.4 is 5.32 Å². The highest BCUT2D eigenvalue weighted by Gasteiger charge is 2.36. The lowest BCUT2D eigenvalue weighted by atomic mass is 9.85. The molecule has 0 aliphatic heterocycles. The summed E-state index contributed by atoms with van der Waals surface area (Å²) in [6, 6.07) is 1.56. The zero-order valence-electron chi connectivity index (χ0n) is 12.4. The summed E-state index contributed by atoms with van der Waals surface area (Å²) < 4.78 is 0. The van der Waals surface area contributed by atoms with Crippen LogP contribution in [0.4, 0.5) is 0 Å². The van der Waals surface area contributed by atoms with E-state index < -0.39 is 0 Å². The first-order valence-corrected chi connectivity index (χ1v) is 8.97. The first kappa shape index (κ1) is 14.7. The van der Waals surface area contributed by atoms with Crippen molar-refractivity contribution in [2.45, 2.75) is 57.5 Å². The van der Waals surface area contributed by atoms with Gasteiger partial charge in [-0.15, -0.1) is 0 Å². The lowest BCUT2D eigenvalue weighted by Crippen LogP contribution is -2.45. The maximum Gasteiger partial charge on any atom is 0.0155 e. The number of nitrogens with one attached hydrogen (secondary N) is 1. The molecule has 1 N–H and O–H groups in total. The second-order valence-electron chi connectivity index (χ2n) is 6.58. The molecule has 1 unspecified atom stereocenters. The molecule has 106 valence electrons. The summed E-state index contributed by atoms with van der Waals surface area (Å²) in [5.74, 6) is 1.25. The third kappa shape index (κ3) is 4.14. The third-order valence-corrected chi connectivity index (χ3v) is 5.57. The van der Waals surface area contributed by atoms with Gasteiger partial charge in [-0.2, -0.15) is 11.8 Å². The molecule has 0 aromatic carbocycles. The molecule has 0 spiro atoms. The average Bonchev–Trinajstić information content (AvgIpc) is 3.08. The number of rotatable bonds is 8. The molecule has 18 heavy (non-hydrogen) atoms. The van der Waals surface area contributed by atoms with Crippen molar-refractivity contribution in [2.24, 2.45) is 5.41 Å². The summed E-state index contributed by atoms with van der Waals surface area (Å²) in [7, 11) is 2.32. The molecule has 0 amide bonds. The van der Waals surface area contributed by atoms with Crippen LogP contribution in [0.1, 0.15) is 45.4 Å². The van der Waals surface area contributed by atoms with Crippen LogP contribution in [0.5, 0.6) is 0 Å². The highest BCUT2D eigenvalue weighted by atomic mass is 32.2. The van der Waals surface area contributed by atoms with Crippen LogP contribution >= 0.6 is 11.8 Å². The highest BCUT2D eigenvalue weighted by Crippen LogP contribution is 2.39. The van der Waals surface area contributed by atoms with Crippen LogP contribution in [0.25, 0.3) is 0 Å². The van der Waals surface area contributed by atoms with Gasteiger partial charge in [0.05, 0.1) is 0 Å². The Balaban J connectivity index is 1.83. The van der Waals surface area contributed by atoms with E-state index in [4.69, 9.17) is 0 Å². The maximum absolute atomic E-state index is 3.78. The summed E-state index contributed by atoms with van der Waals surface area (Å²) in [6.07, 6.45) is 10.8. The molecule has 0 saturated heterocycles. The van der Waals surface area contributed by atoms with E-state index in [1.165, 1.54) is 57.4 Å². The van der Waals surface area contributed by atoms with E-state index in [9.17, 15) is 0 Å². The van der Waals surface area contributed by atoms with E-state index in [-0.39, 0.29) is 0 Å². The zero-order chi connectivity index (χ0) is 13.0. The van der Waals surface area contributed by atoms with Gasteiger partial charge in [-0.25, -0.2) is 0 Å². The van der Waals surface area contributed by atoms with Crippen molar-refractivity contribution in [2.75, 3.05) is 32.1 Å². The first-order chi connectivity index (χ1) is 8.65. The molecule has 2 fully saturated rings. The smallest absolute Gasteiger partial charge is 0.0155 e. The molecule has 0 radical (unpaired) electrons. The fourth-order valence-corrected chi connectivity index (χ4v) is 3.95. The van der Waals surface area contributed by atoms with Gasteiger partial charge in [0.25, 0.3) is 0 Å². The molecule has 0 aromatic rings. The Morgan fingerprint density at radius 2 is 2.00 bits per heavy atom. The largest absolute Gasteiger partial charge is 0.313 e. The van der Waals surface area contributed by atoms with E-state index >= 15 is 0 Å². The van der Waals surface area contributed by atoms with Crippen molar-refractivity contribution >= 4 is 11.8 Å². The minimum atomic E-state index is 0.573. The molecule has 2 nitrogen and oxygen atoms in total. The molecule has 1 atom stereocenters. The monoisotopic (exact) mass is 270 g/mol. The standard InChI is InChI=1S/C15H30N2S/c1-13(10-18-3)17(2)12-15(8-4-5-9-15)11-16-14-6-7-14/h13-14,16H,4-12H2,1-3H3. The normalized spacial score (nSPS) is 24.7. The Kier molecular flexibility index (Phi) is 5.40. The van der Waals surface area contributed by atoms with Crippen LogP contribution in [-0.2, 0) is 0 Å². The first-order valence-electron chi connectivity index (χ1n) is 7.58. The van der Waals surface area contributed by atoms with E-state index in [0.717, 1.165) is 6.04 Å². The van der Waals surface area contributed by atoms with E-state index in [1.807, 2.05) is 11.8 Å². The van der Waals surface area contributed by atoms with Gasteiger partial charge in [0.15, 0.2) is 0 Å². The molecule has 2 aliphatic rings. The molecule has 0 bridgehead atoms. The number of hydrogen-bond donors (Lipinski definition) is 1. The fraction of sp³-hybridized carbons (Fsp3) is 1.00. The van der Waals surface area contributed by atoms with E-state index in [0.29, 0.717) is 11.5 Å². The van der Waals surface area contributed by atoms with Crippen molar-refractivity contribution in [3.8, 4) is 0 Å². The molecule has 2 aliphatic carbocycles. The average molecular weight is 270 g/mol. The molecule has 2 rings (SSSR count). The van der Waals surface area contributed by atoms with Crippen molar-refractivity contribution < 1.29 is 0 Å². The van der Waals surface area contributed by atoms with Crippen molar-refractivity contribution in [1.82, 2.24) is 10.2 Å². The lowest BCUT2D eigenvalue weighted by molar-refractivity contribution is 0.149. The SMILES string of the molecule is CSCC(C)N(C)CC1(CNC2CC2)CCCC1. The molecule has 0 heterocycles. The predicted octanol–water partition coefficient (Wildman–Crippen LogP) is 2.98. The van der Waals surface area contributed by atoms with Gasteiger partial charge in [-0.05, 0) is 51.3 Å². The Bertz CT molecular complexity index is 247. The zero-order valence-corrected chi connectivity index (χ0v) is 13.2. The minimum absolute atomic E-state index is 0.573. The summed E-state index contributed by atoms with van der Waals surface area (Å²) in [6.45, 7) is 4.91. The second kappa shape index (κ2) is 6.62. The Labute approximate surface area is 117 Å². The fourth-order valence-electron chi connectivity index (χ4n) is 3.22. The predicted molar refractivity (Wildman–Crippen MR) is 82.4 cm³/mol. The maximum atomic E-state index is 3.78.